The Hall–Kier alpha value is -0.580. The summed E-state index contributed by atoms with van der Waals surface area (Å²) in [5, 5.41) is 10.3. The van der Waals surface area contributed by atoms with Gasteiger partial charge in [0.15, 0.2) is 0 Å². The van der Waals surface area contributed by atoms with Crippen LogP contribution < -0.4 is 5.48 Å². The predicted molar refractivity (Wildman–Crippen MR) is 51.8 cm³/mol. The minimum absolute atomic E-state index is 0.508. The van der Waals surface area contributed by atoms with E-state index < -0.39 is 0 Å². The number of hydrogen-bond donors (Lipinski definition) is 1. The smallest absolute Gasteiger partial charge is 0.0714 e. The third-order valence-corrected chi connectivity index (χ3v) is 1.84. The molecule has 0 atom stereocenters. The maximum absolute atomic E-state index is 10.3. The Morgan fingerprint density at radius 3 is 2.83 bits per heavy atom. The summed E-state index contributed by atoms with van der Waals surface area (Å²) in [6, 6.07) is 5.37. The Kier molecular flexibility index (Phi) is 3.52. The molecule has 4 heteroatoms. The van der Waals surface area contributed by atoms with Crippen molar-refractivity contribution < 1.29 is 4.74 Å². The minimum Gasteiger partial charge on any atom is -0.761 e. The van der Waals surface area contributed by atoms with E-state index in [9.17, 15) is 5.21 Å². The topological polar surface area (TPSA) is 44.3 Å². The molecule has 3 nitrogen and oxygen atoms in total. The molecular weight excluding hydrogens is 222 g/mol. The molecule has 1 rings (SSSR count). The molecule has 0 aromatic heterocycles. The number of halogens is 1. The van der Waals surface area contributed by atoms with Crippen LogP contribution in [-0.4, -0.2) is 7.11 Å². The molecule has 0 saturated heterocycles. The van der Waals surface area contributed by atoms with Crippen LogP contribution in [0.25, 0.3) is 0 Å². The van der Waals surface area contributed by atoms with Crippen LogP contribution >= 0.6 is 15.9 Å². The molecule has 0 bridgehead atoms. The van der Waals surface area contributed by atoms with Gasteiger partial charge in [-0.2, -0.15) is 0 Å². The van der Waals surface area contributed by atoms with Gasteiger partial charge in [0.25, 0.3) is 0 Å². The fourth-order valence-corrected chi connectivity index (χ4v) is 1.50. The number of hydrogen-bond acceptors (Lipinski definition) is 3. The minimum atomic E-state index is 0.508. The van der Waals surface area contributed by atoms with Gasteiger partial charge in [-0.1, -0.05) is 15.9 Å². The third-order valence-electron chi connectivity index (χ3n) is 1.39. The lowest BCUT2D eigenvalue weighted by atomic mass is 10.2. The zero-order valence-electron chi connectivity index (χ0n) is 6.63. The quantitative estimate of drug-likeness (QED) is 0.812. The predicted octanol–water partition coefficient (Wildman–Crippen LogP) is 2.51. The first kappa shape index (κ1) is 9.51. The van der Waals surface area contributed by atoms with Gasteiger partial charge in [0.2, 0.25) is 0 Å². The number of ether oxygens (including phenoxy) is 1. The summed E-state index contributed by atoms with van der Waals surface area (Å²) in [5.41, 5.74) is 3.33. The Balaban J connectivity index is 2.90. The summed E-state index contributed by atoms with van der Waals surface area (Å²) in [7, 11) is 1.62. The van der Waals surface area contributed by atoms with Crippen molar-refractivity contribution in [2.45, 2.75) is 6.61 Å². The Morgan fingerprint density at radius 2 is 2.25 bits per heavy atom. The second-order valence-corrected chi connectivity index (χ2v) is 3.30. The van der Waals surface area contributed by atoms with Gasteiger partial charge < -0.3 is 15.4 Å². The highest BCUT2D eigenvalue weighted by atomic mass is 79.9. The van der Waals surface area contributed by atoms with E-state index in [1.165, 1.54) is 0 Å². The monoisotopic (exact) mass is 230 g/mol. The van der Waals surface area contributed by atoms with Gasteiger partial charge in [0, 0.05) is 17.3 Å². The van der Waals surface area contributed by atoms with Crippen molar-refractivity contribution in [2.75, 3.05) is 12.6 Å². The molecule has 0 amide bonds. The molecule has 0 heterocycles. The molecule has 0 aliphatic heterocycles. The summed E-state index contributed by atoms with van der Waals surface area (Å²) in [4.78, 5) is 0. The van der Waals surface area contributed by atoms with Gasteiger partial charge in [0.1, 0.15) is 0 Å². The molecule has 0 unspecified atom stereocenters. The van der Waals surface area contributed by atoms with E-state index >= 15 is 0 Å². The van der Waals surface area contributed by atoms with Crippen molar-refractivity contribution >= 4 is 21.6 Å². The summed E-state index contributed by atoms with van der Waals surface area (Å²) in [6.45, 7) is 0.508. The molecule has 0 aliphatic carbocycles. The lowest BCUT2D eigenvalue weighted by molar-refractivity contribution is 0.185. The van der Waals surface area contributed by atoms with Crippen molar-refractivity contribution in [1.29, 1.82) is 0 Å². The molecule has 0 aliphatic rings. The summed E-state index contributed by atoms with van der Waals surface area (Å²) in [5.74, 6) is 0. The van der Waals surface area contributed by atoms with Gasteiger partial charge in [-0.05, 0) is 23.8 Å². The van der Waals surface area contributed by atoms with Crippen LogP contribution in [0.15, 0.2) is 22.7 Å². The molecular formula is C8H9BrNO2-. The van der Waals surface area contributed by atoms with Crippen LogP contribution in [-0.2, 0) is 11.3 Å². The van der Waals surface area contributed by atoms with Gasteiger partial charge in [-0.15, -0.1) is 0 Å². The van der Waals surface area contributed by atoms with Gasteiger partial charge in [-0.25, -0.2) is 0 Å². The van der Waals surface area contributed by atoms with Crippen LogP contribution in [0.4, 0.5) is 5.69 Å². The highest BCUT2D eigenvalue weighted by Crippen LogP contribution is 2.19. The van der Waals surface area contributed by atoms with Crippen molar-refractivity contribution in [1.82, 2.24) is 0 Å². The van der Waals surface area contributed by atoms with Crippen molar-refractivity contribution in [3.8, 4) is 0 Å². The molecule has 0 saturated carbocycles. The maximum Gasteiger partial charge on any atom is 0.0714 e. The number of nitrogens with one attached hydrogen (secondary N) is 1. The standard InChI is InChI=1S/C8H9BrNO2/c1-12-5-6-2-7(9)4-8(3-6)10-11/h2-4,10H,5H2,1H3/q-1. The second-order valence-electron chi connectivity index (χ2n) is 2.38. The molecule has 0 radical (unpaired) electrons. The maximum atomic E-state index is 10.3. The fourth-order valence-electron chi connectivity index (χ4n) is 0.959. The molecule has 1 aromatic carbocycles. The van der Waals surface area contributed by atoms with E-state index in [1.54, 1.807) is 19.2 Å². The highest BCUT2D eigenvalue weighted by Gasteiger charge is 1.95. The first-order valence-electron chi connectivity index (χ1n) is 3.43. The zero-order valence-corrected chi connectivity index (χ0v) is 8.22. The van der Waals surface area contributed by atoms with Crippen LogP contribution in [0.3, 0.4) is 0 Å². The van der Waals surface area contributed by atoms with Crippen LogP contribution in [0.1, 0.15) is 5.56 Å². The molecule has 0 fully saturated rings. The first-order chi connectivity index (χ1) is 5.76. The average Bonchev–Trinajstić information content (AvgIpc) is 2.04. The number of anilines is 1. The molecule has 1 N–H and O–H groups in total. The van der Waals surface area contributed by atoms with E-state index in [2.05, 4.69) is 15.9 Å². The number of methoxy groups -OCH3 is 1. The van der Waals surface area contributed by atoms with E-state index in [-0.39, 0.29) is 0 Å². The molecule has 0 spiro atoms. The summed E-state index contributed by atoms with van der Waals surface area (Å²) < 4.78 is 5.80. The van der Waals surface area contributed by atoms with E-state index in [4.69, 9.17) is 4.74 Å². The molecule has 1 aromatic rings. The molecule has 66 valence electrons. The van der Waals surface area contributed by atoms with Crippen LogP contribution in [0.2, 0.25) is 0 Å². The summed E-state index contributed by atoms with van der Waals surface area (Å²) >= 11 is 3.29. The third kappa shape index (κ3) is 2.48. The average molecular weight is 231 g/mol. The van der Waals surface area contributed by atoms with Crippen molar-refractivity contribution in [3.63, 3.8) is 0 Å². The van der Waals surface area contributed by atoms with Gasteiger partial charge in [-0.3, -0.25) is 0 Å². The van der Waals surface area contributed by atoms with Gasteiger partial charge in [0.05, 0.1) is 6.61 Å². The zero-order chi connectivity index (χ0) is 8.97. The van der Waals surface area contributed by atoms with Crippen molar-refractivity contribution in [3.05, 3.63) is 33.4 Å². The van der Waals surface area contributed by atoms with E-state index in [0.29, 0.717) is 12.3 Å². The normalized spacial score (nSPS) is 9.92. The Labute approximate surface area is 79.4 Å². The largest absolute Gasteiger partial charge is 0.761 e. The van der Waals surface area contributed by atoms with Gasteiger partial charge >= 0.3 is 0 Å². The first-order valence-corrected chi connectivity index (χ1v) is 4.22. The second kappa shape index (κ2) is 4.45. The Morgan fingerprint density at radius 1 is 1.50 bits per heavy atom. The van der Waals surface area contributed by atoms with Crippen LogP contribution in [0.5, 0.6) is 0 Å². The lowest BCUT2D eigenvalue weighted by Crippen LogP contribution is -1.91. The Bertz CT molecular complexity index is 265. The van der Waals surface area contributed by atoms with Crippen molar-refractivity contribution in [2.24, 2.45) is 0 Å². The van der Waals surface area contributed by atoms with Crippen LogP contribution in [0, 0.1) is 5.21 Å². The van der Waals surface area contributed by atoms with E-state index in [0.717, 1.165) is 10.0 Å². The SMILES string of the molecule is COCc1cc(Br)cc(N[O-])c1. The lowest BCUT2D eigenvalue weighted by Gasteiger charge is -2.11. The fraction of sp³-hybridized carbons (Fsp3) is 0.250. The number of benzene rings is 1. The molecule has 12 heavy (non-hydrogen) atoms. The van der Waals surface area contributed by atoms with E-state index in [1.807, 2.05) is 11.5 Å². The highest BCUT2D eigenvalue weighted by molar-refractivity contribution is 9.10. The number of rotatable bonds is 3. The summed E-state index contributed by atoms with van der Waals surface area (Å²) in [6.07, 6.45) is 0.